The number of H-pyrrole nitrogens is 3. The predicted octanol–water partition coefficient (Wildman–Crippen LogP) is 14.8. The minimum atomic E-state index is -1.07. The molecule has 0 fully saturated rings. The number of nitrogens with zero attached hydrogens (tertiary/aromatic N) is 6. The summed E-state index contributed by atoms with van der Waals surface area (Å²) in [5.41, 5.74) is 12.4. The highest BCUT2D eigenvalue weighted by molar-refractivity contribution is 5.66. The first-order valence-corrected chi connectivity index (χ1v) is 29.4. The van der Waals surface area contributed by atoms with E-state index in [1.807, 2.05) is 97.5 Å². The molecule has 85 heavy (non-hydrogen) atoms. The second-order valence-electron chi connectivity index (χ2n) is 21.0. The van der Waals surface area contributed by atoms with Crippen molar-refractivity contribution in [2.24, 2.45) is 0 Å². The van der Waals surface area contributed by atoms with Crippen LogP contribution in [0, 0.1) is 0 Å². The fourth-order valence-electron chi connectivity index (χ4n) is 9.18. The van der Waals surface area contributed by atoms with E-state index in [9.17, 15) is 9.50 Å². The number of rotatable bonds is 33. The number of methoxy groups -OCH3 is 1. The van der Waals surface area contributed by atoms with Gasteiger partial charge in [0, 0.05) is 66.5 Å². The van der Waals surface area contributed by atoms with Gasteiger partial charge in [0.05, 0.1) is 55.5 Å². The first-order valence-electron chi connectivity index (χ1n) is 29.4. The fourth-order valence-corrected chi connectivity index (χ4v) is 9.18. The first kappa shape index (κ1) is 70.1. The molecule has 0 amide bonds. The molecule has 0 aliphatic carbocycles. The third kappa shape index (κ3) is 24.3. The quantitative estimate of drug-likeness (QED) is 0.0289. The van der Waals surface area contributed by atoms with Gasteiger partial charge in [0.25, 0.3) is 0 Å². The number of halogens is 1. The second-order valence-corrected chi connectivity index (χ2v) is 21.0. The number of ether oxygens (including phenoxy) is 5. The Morgan fingerprint density at radius 2 is 0.918 bits per heavy atom. The summed E-state index contributed by atoms with van der Waals surface area (Å²) in [5, 5.41) is 31.2. The van der Waals surface area contributed by atoms with E-state index in [-0.39, 0.29) is 21.5 Å². The summed E-state index contributed by atoms with van der Waals surface area (Å²) < 4.78 is 42.0. The van der Waals surface area contributed by atoms with Crippen LogP contribution in [0.3, 0.4) is 0 Å². The van der Waals surface area contributed by atoms with Crippen LogP contribution in [0.2, 0.25) is 0 Å². The zero-order chi connectivity index (χ0) is 59.0. The maximum Gasteiger partial charge on any atom is 0.122 e. The van der Waals surface area contributed by atoms with Crippen molar-refractivity contribution < 1.29 is 33.2 Å². The molecule has 8 aromatic rings. The lowest BCUT2D eigenvalue weighted by Crippen LogP contribution is -2.19. The van der Waals surface area contributed by atoms with Gasteiger partial charge in [-0.3, -0.25) is 15.3 Å². The Kier molecular flexibility index (Phi) is 32.4. The molecule has 0 aliphatic heterocycles. The van der Waals surface area contributed by atoms with Gasteiger partial charge in [0.2, 0.25) is 0 Å². The SMILES string of the molecule is C.C.CCCCN(C)Cc1cn[nH]c1-c1cc(OCCOC)cc(C(C)F)c1.CCCCN(C)Cc1cn[nH]c1-c1ccc(OCCOc2cccc(CO)c2)cc1.CCCCN(C)Cc1cn[nH]c1-c1ccc(OCCc2ccccc2)cc1. The molecule has 0 saturated heterocycles. The lowest BCUT2D eigenvalue weighted by molar-refractivity contribution is 0.146. The molecule has 5 aromatic carbocycles. The lowest BCUT2D eigenvalue weighted by Gasteiger charge is -2.17. The first-order chi connectivity index (χ1) is 40.5. The average Bonchev–Trinajstić information content (AvgIpc) is 4.10. The van der Waals surface area contributed by atoms with Crippen LogP contribution in [0.5, 0.6) is 23.0 Å². The minimum absolute atomic E-state index is 0. The normalized spacial score (nSPS) is 11.3. The summed E-state index contributed by atoms with van der Waals surface area (Å²) in [4.78, 5) is 6.94. The predicted molar refractivity (Wildman–Crippen MR) is 345 cm³/mol. The molecule has 1 unspecified atom stereocenters. The van der Waals surface area contributed by atoms with Gasteiger partial charge in [-0.1, -0.05) is 97.4 Å². The van der Waals surface area contributed by atoms with E-state index in [4.69, 9.17) is 23.7 Å². The van der Waals surface area contributed by atoms with E-state index < -0.39 is 6.17 Å². The Morgan fingerprint density at radius 3 is 1.38 bits per heavy atom. The molecule has 15 nitrogen and oxygen atoms in total. The summed E-state index contributed by atoms with van der Waals surface area (Å²) in [7, 11) is 8.04. The summed E-state index contributed by atoms with van der Waals surface area (Å²) in [6, 6.07) is 39.7. The number of aliphatic hydroxyl groups is 1. The van der Waals surface area contributed by atoms with Gasteiger partial charge < -0.3 is 43.5 Å². The summed E-state index contributed by atoms with van der Waals surface area (Å²) in [6.45, 7) is 16.4. The summed E-state index contributed by atoms with van der Waals surface area (Å²) >= 11 is 0. The molecule has 0 radical (unpaired) electrons. The number of nitrogens with one attached hydrogen (secondary N) is 3. The number of hydrogen-bond donors (Lipinski definition) is 4. The van der Waals surface area contributed by atoms with E-state index >= 15 is 0 Å². The Labute approximate surface area is 507 Å². The number of alkyl halides is 1. The van der Waals surface area contributed by atoms with Crippen LogP contribution in [0.15, 0.2) is 140 Å². The fraction of sp³-hybridized carbons (Fsp3) is 0.435. The van der Waals surface area contributed by atoms with Crippen molar-refractivity contribution in [1.82, 2.24) is 45.3 Å². The van der Waals surface area contributed by atoms with Crippen molar-refractivity contribution in [3.8, 4) is 56.8 Å². The van der Waals surface area contributed by atoms with Crippen molar-refractivity contribution in [1.29, 1.82) is 0 Å². The lowest BCUT2D eigenvalue weighted by atomic mass is 10.0. The highest BCUT2D eigenvalue weighted by Gasteiger charge is 2.16. The number of aromatic amines is 3. The number of aliphatic hydroxyl groups excluding tert-OH is 1. The van der Waals surface area contributed by atoms with Gasteiger partial charge in [0.15, 0.2) is 0 Å². The molecule has 3 aromatic heterocycles. The van der Waals surface area contributed by atoms with E-state index in [2.05, 4.69) is 124 Å². The van der Waals surface area contributed by atoms with Crippen LogP contribution in [-0.4, -0.2) is 131 Å². The van der Waals surface area contributed by atoms with Gasteiger partial charge in [0.1, 0.15) is 49.0 Å². The minimum Gasteiger partial charge on any atom is -0.493 e. The monoisotopic (exact) mass is 1170 g/mol. The summed E-state index contributed by atoms with van der Waals surface area (Å²) in [6.07, 6.45) is 12.7. The van der Waals surface area contributed by atoms with Crippen LogP contribution in [-0.2, 0) is 37.4 Å². The van der Waals surface area contributed by atoms with Crippen LogP contribution >= 0.6 is 0 Å². The topological polar surface area (TPSA) is 162 Å². The van der Waals surface area contributed by atoms with Gasteiger partial charge in [-0.05, 0) is 163 Å². The molecule has 16 heteroatoms. The molecule has 0 saturated carbocycles. The Balaban J connectivity index is 0.000000271. The molecule has 8 rings (SSSR count). The zero-order valence-electron chi connectivity index (χ0n) is 50.3. The van der Waals surface area contributed by atoms with Crippen LogP contribution in [0.4, 0.5) is 4.39 Å². The highest BCUT2D eigenvalue weighted by atomic mass is 19.1. The largest absolute Gasteiger partial charge is 0.493 e. The van der Waals surface area contributed by atoms with Crippen molar-refractivity contribution in [3.63, 3.8) is 0 Å². The third-order valence-corrected chi connectivity index (χ3v) is 13.9. The molecule has 3 heterocycles. The maximum atomic E-state index is 14.0. The van der Waals surface area contributed by atoms with E-state index in [0.717, 1.165) is 114 Å². The molecule has 0 aliphatic rings. The standard InChI is InChI=1S/C24H31N3O3.C23H29N3O.C20H30FN3O2.2CH4/c1-3-4-12-27(2)17-21-16-25-26-24(21)20-8-10-22(11-9-20)29-13-14-30-23-7-5-6-19(15-23)18-28;1-3-4-15-26(2)18-21-17-24-25-23(21)20-10-12-22(13-11-20)27-16-14-19-8-6-5-7-9-19;1-5-6-7-24(3)14-18-13-22-23-20(18)17-10-16(15(2)21)11-19(12-17)26-9-8-25-4;;/h5-11,15-16,28H,3-4,12-14,17-18H2,1-2H3,(H,25,26);5-13,17H,3-4,14-16,18H2,1-2H3,(H,24,25);10-13,15H,5-9,14H2,1-4H3,(H,22,23);2*1H4. The van der Waals surface area contributed by atoms with Gasteiger partial charge in [-0.2, -0.15) is 15.3 Å². The Bertz CT molecular complexity index is 3000. The van der Waals surface area contributed by atoms with Crippen LogP contribution in [0.25, 0.3) is 33.8 Å². The summed E-state index contributed by atoms with van der Waals surface area (Å²) in [5.74, 6) is 3.07. The number of aromatic nitrogens is 6. The molecule has 0 bridgehead atoms. The van der Waals surface area contributed by atoms with E-state index in [1.54, 1.807) is 13.2 Å². The highest BCUT2D eigenvalue weighted by Crippen LogP contribution is 2.32. The van der Waals surface area contributed by atoms with E-state index in [0.29, 0.717) is 44.3 Å². The van der Waals surface area contributed by atoms with Crippen LogP contribution < -0.4 is 18.9 Å². The average molecular weight is 1170 g/mol. The number of hydrogen-bond acceptors (Lipinski definition) is 12. The van der Waals surface area contributed by atoms with Crippen molar-refractivity contribution in [2.45, 2.75) is 120 Å². The Morgan fingerprint density at radius 1 is 0.482 bits per heavy atom. The zero-order valence-corrected chi connectivity index (χ0v) is 50.3. The Hall–Kier alpha value is -7.34. The number of benzene rings is 5. The van der Waals surface area contributed by atoms with Crippen molar-refractivity contribution in [2.75, 3.05) is 80.9 Å². The van der Waals surface area contributed by atoms with Crippen molar-refractivity contribution >= 4 is 0 Å². The molecule has 1 atom stereocenters. The van der Waals surface area contributed by atoms with Gasteiger partial charge in [-0.25, -0.2) is 4.39 Å². The van der Waals surface area contributed by atoms with Gasteiger partial charge >= 0.3 is 0 Å². The molecular weight excluding hydrogens is 1070 g/mol. The van der Waals surface area contributed by atoms with Crippen LogP contribution in [0.1, 0.15) is 121 Å². The maximum absolute atomic E-state index is 14.0. The van der Waals surface area contributed by atoms with E-state index in [1.165, 1.54) is 55.7 Å². The smallest absolute Gasteiger partial charge is 0.122 e. The molecule has 462 valence electrons. The van der Waals surface area contributed by atoms with Crippen molar-refractivity contribution in [3.05, 3.63) is 173 Å². The van der Waals surface area contributed by atoms with Gasteiger partial charge in [-0.15, -0.1) is 0 Å². The number of unbranched alkanes of at least 4 members (excludes halogenated alkanes) is 3. The third-order valence-electron chi connectivity index (χ3n) is 13.9. The molecule has 0 spiro atoms. The molecular formula is C69H98FN9O6. The second kappa shape index (κ2) is 39.3. The molecule has 4 N–H and O–H groups in total.